The van der Waals surface area contributed by atoms with Crippen molar-refractivity contribution in [1.82, 2.24) is 4.57 Å². The number of para-hydroxylation sites is 1. The van der Waals surface area contributed by atoms with E-state index in [1.165, 1.54) is 10.8 Å². The number of ether oxygens (including phenoxy) is 1. The van der Waals surface area contributed by atoms with E-state index in [-0.39, 0.29) is 17.6 Å². The molecule has 3 rings (SSSR count). The Kier molecular flexibility index (Phi) is 4.08. The summed E-state index contributed by atoms with van der Waals surface area (Å²) in [4.78, 5) is 24.3. The molecule has 2 aromatic carbocycles. The molecule has 0 amide bonds. The van der Waals surface area contributed by atoms with E-state index in [0.717, 1.165) is 0 Å². The maximum Gasteiger partial charge on any atom is 0.337 e. The SMILES string of the molecule is CC(C)Oc1cccc(C(=O)n2cc(C(=O)O)c3ccccc32)c1. The third kappa shape index (κ3) is 2.88. The number of hydrogen-bond donors (Lipinski definition) is 1. The quantitative estimate of drug-likeness (QED) is 0.792. The Balaban J connectivity index is 2.08. The van der Waals surface area contributed by atoms with Crippen molar-refractivity contribution in [2.75, 3.05) is 0 Å². The number of nitrogens with zero attached hydrogens (tertiary/aromatic N) is 1. The standard InChI is InChI=1S/C19H17NO4/c1-12(2)24-14-7-5-6-13(10-14)18(21)20-11-16(19(22)23)15-8-3-4-9-17(15)20/h3-12H,1-2H3,(H,22,23). The van der Waals surface area contributed by atoms with Crippen LogP contribution in [0.1, 0.15) is 34.6 Å². The molecule has 0 aliphatic rings. The van der Waals surface area contributed by atoms with Crippen LogP contribution in [-0.2, 0) is 0 Å². The zero-order chi connectivity index (χ0) is 17.3. The summed E-state index contributed by atoms with van der Waals surface area (Å²) >= 11 is 0. The average molecular weight is 323 g/mol. The minimum absolute atomic E-state index is 0.00127. The number of fused-ring (bicyclic) bond motifs is 1. The van der Waals surface area contributed by atoms with Crippen LogP contribution in [0.3, 0.4) is 0 Å². The van der Waals surface area contributed by atoms with Crippen molar-refractivity contribution in [3.63, 3.8) is 0 Å². The summed E-state index contributed by atoms with van der Waals surface area (Å²) in [5, 5.41) is 9.88. The van der Waals surface area contributed by atoms with Gasteiger partial charge in [-0.25, -0.2) is 4.79 Å². The third-order valence-corrected chi connectivity index (χ3v) is 3.61. The summed E-state index contributed by atoms with van der Waals surface area (Å²) in [7, 11) is 0. The van der Waals surface area contributed by atoms with Crippen LogP contribution in [0.4, 0.5) is 0 Å². The van der Waals surface area contributed by atoms with E-state index >= 15 is 0 Å². The zero-order valence-corrected chi connectivity index (χ0v) is 13.4. The third-order valence-electron chi connectivity index (χ3n) is 3.61. The molecule has 122 valence electrons. The minimum atomic E-state index is -1.06. The van der Waals surface area contributed by atoms with Crippen molar-refractivity contribution >= 4 is 22.8 Å². The summed E-state index contributed by atoms with van der Waals surface area (Å²) in [6, 6.07) is 13.8. The Hall–Kier alpha value is -3.08. The molecule has 0 radical (unpaired) electrons. The molecule has 0 spiro atoms. The van der Waals surface area contributed by atoms with E-state index in [1.54, 1.807) is 48.5 Å². The molecule has 3 aromatic rings. The number of carbonyl (C=O) groups is 2. The van der Waals surface area contributed by atoms with Crippen molar-refractivity contribution in [2.45, 2.75) is 20.0 Å². The fourth-order valence-corrected chi connectivity index (χ4v) is 2.63. The summed E-state index contributed by atoms with van der Waals surface area (Å²) in [6.45, 7) is 3.82. The molecule has 24 heavy (non-hydrogen) atoms. The predicted octanol–water partition coefficient (Wildman–Crippen LogP) is 3.82. The smallest absolute Gasteiger partial charge is 0.337 e. The summed E-state index contributed by atoms with van der Waals surface area (Å²) in [6.07, 6.45) is 1.37. The number of carboxylic acid groups (broad SMARTS) is 1. The molecule has 0 saturated carbocycles. The van der Waals surface area contributed by atoms with E-state index in [0.29, 0.717) is 22.2 Å². The van der Waals surface area contributed by atoms with Gasteiger partial charge in [0, 0.05) is 17.1 Å². The summed E-state index contributed by atoms with van der Waals surface area (Å²) in [5.74, 6) is -0.756. The molecule has 5 nitrogen and oxygen atoms in total. The Bertz CT molecular complexity index is 924. The van der Waals surface area contributed by atoms with Gasteiger partial charge in [-0.1, -0.05) is 24.3 Å². The molecular formula is C19H17NO4. The number of benzene rings is 2. The van der Waals surface area contributed by atoms with Crippen LogP contribution in [0.25, 0.3) is 10.9 Å². The molecule has 0 saturated heterocycles. The zero-order valence-electron chi connectivity index (χ0n) is 13.4. The monoisotopic (exact) mass is 323 g/mol. The van der Waals surface area contributed by atoms with E-state index in [1.807, 2.05) is 13.8 Å². The van der Waals surface area contributed by atoms with Crippen molar-refractivity contribution < 1.29 is 19.4 Å². The Morgan fingerprint density at radius 2 is 1.83 bits per heavy atom. The van der Waals surface area contributed by atoms with Crippen molar-refractivity contribution in [3.8, 4) is 5.75 Å². The fraction of sp³-hybridized carbons (Fsp3) is 0.158. The first-order valence-electron chi connectivity index (χ1n) is 7.62. The van der Waals surface area contributed by atoms with Crippen molar-refractivity contribution in [1.29, 1.82) is 0 Å². The lowest BCUT2D eigenvalue weighted by molar-refractivity contribution is 0.0699. The highest BCUT2D eigenvalue weighted by Gasteiger charge is 2.18. The highest BCUT2D eigenvalue weighted by atomic mass is 16.5. The lowest BCUT2D eigenvalue weighted by atomic mass is 10.2. The number of aromatic carboxylic acids is 1. The van der Waals surface area contributed by atoms with E-state index in [4.69, 9.17) is 4.74 Å². The van der Waals surface area contributed by atoms with Gasteiger partial charge in [0.2, 0.25) is 0 Å². The van der Waals surface area contributed by atoms with Crippen LogP contribution >= 0.6 is 0 Å². The molecule has 1 N–H and O–H groups in total. The molecule has 5 heteroatoms. The van der Waals surface area contributed by atoms with Crippen LogP contribution < -0.4 is 4.74 Å². The first kappa shape index (κ1) is 15.8. The first-order valence-corrected chi connectivity index (χ1v) is 7.62. The van der Waals surface area contributed by atoms with Crippen LogP contribution in [0.2, 0.25) is 0 Å². The van der Waals surface area contributed by atoms with Gasteiger partial charge in [-0.15, -0.1) is 0 Å². The van der Waals surface area contributed by atoms with Gasteiger partial charge < -0.3 is 9.84 Å². The van der Waals surface area contributed by atoms with Crippen LogP contribution in [0.15, 0.2) is 54.7 Å². The highest BCUT2D eigenvalue weighted by molar-refractivity contribution is 6.09. The number of carboxylic acids is 1. The number of rotatable bonds is 4. The van der Waals surface area contributed by atoms with Crippen LogP contribution in [-0.4, -0.2) is 27.7 Å². The Morgan fingerprint density at radius 3 is 2.54 bits per heavy atom. The second-order valence-electron chi connectivity index (χ2n) is 5.73. The lowest BCUT2D eigenvalue weighted by Gasteiger charge is -2.11. The van der Waals surface area contributed by atoms with Gasteiger partial charge in [-0.3, -0.25) is 9.36 Å². The summed E-state index contributed by atoms with van der Waals surface area (Å²) in [5.41, 5.74) is 1.11. The Morgan fingerprint density at radius 1 is 1.08 bits per heavy atom. The van der Waals surface area contributed by atoms with Gasteiger partial charge in [0.1, 0.15) is 5.75 Å². The molecule has 1 aromatic heterocycles. The molecular weight excluding hydrogens is 306 g/mol. The highest BCUT2D eigenvalue weighted by Crippen LogP contribution is 2.23. The first-order chi connectivity index (χ1) is 11.5. The van der Waals surface area contributed by atoms with E-state index in [9.17, 15) is 14.7 Å². The molecule has 0 aliphatic carbocycles. The Labute approximate surface area is 139 Å². The van der Waals surface area contributed by atoms with Gasteiger partial charge in [0.15, 0.2) is 0 Å². The predicted molar refractivity (Wildman–Crippen MR) is 90.8 cm³/mol. The van der Waals surface area contributed by atoms with Crippen LogP contribution in [0.5, 0.6) is 5.75 Å². The molecule has 1 heterocycles. The van der Waals surface area contributed by atoms with Gasteiger partial charge in [-0.05, 0) is 38.1 Å². The number of hydrogen-bond acceptors (Lipinski definition) is 3. The molecule has 0 aliphatic heterocycles. The fourth-order valence-electron chi connectivity index (χ4n) is 2.63. The lowest BCUT2D eigenvalue weighted by Crippen LogP contribution is -2.12. The number of aromatic nitrogens is 1. The summed E-state index contributed by atoms with van der Waals surface area (Å²) < 4.78 is 6.98. The average Bonchev–Trinajstić information content (AvgIpc) is 2.93. The van der Waals surface area contributed by atoms with E-state index < -0.39 is 5.97 Å². The second-order valence-corrected chi connectivity index (χ2v) is 5.73. The maximum atomic E-state index is 12.8. The number of carbonyl (C=O) groups excluding carboxylic acids is 1. The maximum absolute atomic E-state index is 12.8. The van der Waals surface area contributed by atoms with Crippen molar-refractivity contribution in [2.24, 2.45) is 0 Å². The molecule has 0 fully saturated rings. The topological polar surface area (TPSA) is 68.5 Å². The van der Waals surface area contributed by atoms with E-state index in [2.05, 4.69) is 0 Å². The molecule has 0 bridgehead atoms. The van der Waals surface area contributed by atoms with Gasteiger partial charge in [-0.2, -0.15) is 0 Å². The normalized spacial score (nSPS) is 11.0. The second kappa shape index (κ2) is 6.20. The van der Waals surface area contributed by atoms with Gasteiger partial charge in [0.05, 0.1) is 17.2 Å². The van der Waals surface area contributed by atoms with Gasteiger partial charge in [0.25, 0.3) is 5.91 Å². The largest absolute Gasteiger partial charge is 0.491 e. The minimum Gasteiger partial charge on any atom is -0.491 e. The molecule has 0 atom stereocenters. The molecule has 0 unspecified atom stereocenters. The van der Waals surface area contributed by atoms with Crippen LogP contribution in [0, 0.1) is 0 Å². The van der Waals surface area contributed by atoms with Crippen molar-refractivity contribution in [3.05, 3.63) is 65.9 Å². The van der Waals surface area contributed by atoms with Gasteiger partial charge >= 0.3 is 5.97 Å².